The maximum absolute atomic E-state index is 13.4. The molecule has 0 saturated carbocycles. The maximum atomic E-state index is 13.4. The lowest BCUT2D eigenvalue weighted by atomic mass is 10.1. The van der Waals surface area contributed by atoms with Crippen LogP contribution in [0.1, 0.15) is 5.69 Å². The van der Waals surface area contributed by atoms with Crippen LogP contribution in [0, 0.1) is 12.7 Å². The lowest BCUT2D eigenvalue weighted by Gasteiger charge is -2.12. The Labute approximate surface area is 181 Å². The summed E-state index contributed by atoms with van der Waals surface area (Å²) in [6.07, 6.45) is 3.67. The summed E-state index contributed by atoms with van der Waals surface area (Å²) < 4.78 is 21.7. The molecule has 0 spiro atoms. The number of anilines is 2. The Bertz CT molecular complexity index is 1380. The zero-order valence-corrected chi connectivity index (χ0v) is 17.5. The van der Waals surface area contributed by atoms with E-state index in [9.17, 15) is 4.39 Å². The predicted molar refractivity (Wildman–Crippen MR) is 119 cm³/mol. The summed E-state index contributed by atoms with van der Waals surface area (Å²) in [5.41, 5.74) is 6.36. The van der Waals surface area contributed by atoms with Crippen molar-refractivity contribution in [1.29, 1.82) is 0 Å². The van der Waals surface area contributed by atoms with Crippen LogP contribution in [-0.2, 0) is 0 Å². The minimum absolute atomic E-state index is 0.294. The normalized spacial score (nSPS) is 11.1. The number of rotatable bonds is 5. The van der Waals surface area contributed by atoms with Gasteiger partial charge in [-0.25, -0.2) is 19.3 Å². The molecular formula is C22H17FN6OS. The molecule has 0 aliphatic heterocycles. The number of aromatic nitrogens is 5. The topological polar surface area (TPSA) is 77.8 Å². The zero-order valence-electron chi connectivity index (χ0n) is 16.7. The van der Waals surface area contributed by atoms with E-state index in [4.69, 9.17) is 4.74 Å². The van der Waals surface area contributed by atoms with Crippen LogP contribution in [0.25, 0.3) is 27.3 Å². The van der Waals surface area contributed by atoms with E-state index in [2.05, 4.69) is 25.3 Å². The number of nitrogens with one attached hydrogen (secondary N) is 1. The van der Waals surface area contributed by atoms with Gasteiger partial charge in [0.05, 0.1) is 40.7 Å². The summed E-state index contributed by atoms with van der Waals surface area (Å²) in [5, 5.41) is 3.23. The number of thiazole rings is 1. The fraction of sp³-hybridized carbons (Fsp3) is 0.0909. The molecule has 3 heterocycles. The number of imidazole rings is 1. The highest BCUT2D eigenvalue weighted by atomic mass is 32.1. The molecule has 7 nitrogen and oxygen atoms in total. The maximum Gasteiger partial charge on any atom is 0.229 e. The monoisotopic (exact) mass is 432 g/mol. The van der Waals surface area contributed by atoms with Crippen LogP contribution < -0.4 is 10.1 Å². The number of ether oxygens (including phenoxy) is 1. The molecule has 5 rings (SSSR count). The van der Waals surface area contributed by atoms with Gasteiger partial charge in [-0.1, -0.05) is 0 Å². The van der Waals surface area contributed by atoms with Crippen molar-refractivity contribution >= 4 is 33.3 Å². The third-order valence-electron chi connectivity index (χ3n) is 4.74. The molecule has 0 bridgehead atoms. The molecule has 2 aromatic carbocycles. The molecule has 0 atom stereocenters. The summed E-state index contributed by atoms with van der Waals surface area (Å²) in [5.74, 6) is 0.777. The average Bonchev–Trinajstić information content (AvgIpc) is 3.42. The van der Waals surface area contributed by atoms with Gasteiger partial charge in [0.2, 0.25) is 5.95 Å². The van der Waals surface area contributed by atoms with E-state index in [1.807, 2.05) is 35.9 Å². The molecule has 1 N–H and O–H groups in total. The molecule has 0 saturated heterocycles. The van der Waals surface area contributed by atoms with Gasteiger partial charge in [-0.15, -0.1) is 11.3 Å². The first-order valence-electron chi connectivity index (χ1n) is 9.44. The second-order valence-corrected chi connectivity index (χ2v) is 7.70. The molecule has 3 aromatic heterocycles. The molecule has 0 amide bonds. The minimum Gasteiger partial charge on any atom is -0.494 e. The molecule has 0 unspecified atom stereocenters. The van der Waals surface area contributed by atoms with Crippen molar-refractivity contribution in [3.8, 4) is 22.7 Å². The first-order valence-corrected chi connectivity index (χ1v) is 10.3. The van der Waals surface area contributed by atoms with Crippen molar-refractivity contribution in [2.24, 2.45) is 0 Å². The van der Waals surface area contributed by atoms with Gasteiger partial charge in [0, 0.05) is 23.5 Å². The summed E-state index contributed by atoms with van der Waals surface area (Å²) in [6.45, 7) is 1.93. The van der Waals surface area contributed by atoms with E-state index < -0.39 is 0 Å². The summed E-state index contributed by atoms with van der Waals surface area (Å²) in [4.78, 5) is 17.8. The van der Waals surface area contributed by atoms with Crippen molar-refractivity contribution in [1.82, 2.24) is 24.5 Å². The van der Waals surface area contributed by atoms with Gasteiger partial charge in [-0.3, -0.25) is 0 Å². The lowest BCUT2D eigenvalue weighted by Crippen LogP contribution is -2.01. The second-order valence-electron chi connectivity index (χ2n) is 6.84. The Morgan fingerprint density at radius 2 is 1.90 bits per heavy atom. The number of nitrogens with zero attached hydrogens (tertiary/aromatic N) is 5. The second kappa shape index (κ2) is 7.77. The van der Waals surface area contributed by atoms with Crippen LogP contribution in [0.3, 0.4) is 0 Å². The quantitative estimate of drug-likeness (QED) is 0.414. The molecule has 31 heavy (non-hydrogen) atoms. The fourth-order valence-electron chi connectivity index (χ4n) is 3.27. The summed E-state index contributed by atoms with van der Waals surface area (Å²) >= 11 is 1.45. The highest BCUT2D eigenvalue weighted by Crippen LogP contribution is 2.32. The van der Waals surface area contributed by atoms with Crippen LogP contribution in [0.2, 0.25) is 0 Å². The molecule has 9 heteroatoms. The standard InChI is InChI=1S/C22H17FN6OS/c1-13-10-29(11-24-13)17-8-7-16(9-18(17)30-2)26-22-27-19(14-3-5-15(23)6-4-14)20-21(28-22)25-12-31-20/h3-12H,1-2H3,(H,26,27,28). The van der Waals surface area contributed by atoms with Crippen LogP contribution in [0.4, 0.5) is 16.0 Å². The molecule has 0 radical (unpaired) electrons. The van der Waals surface area contributed by atoms with Crippen LogP contribution in [0.5, 0.6) is 5.75 Å². The number of hydrogen-bond donors (Lipinski definition) is 1. The van der Waals surface area contributed by atoms with Gasteiger partial charge in [0.25, 0.3) is 0 Å². The van der Waals surface area contributed by atoms with Gasteiger partial charge in [0.15, 0.2) is 5.65 Å². The SMILES string of the molecule is COc1cc(Nc2nc(-c3ccc(F)cc3)c3scnc3n2)ccc1-n1cnc(C)c1. The average molecular weight is 432 g/mol. The van der Waals surface area contributed by atoms with E-state index in [-0.39, 0.29) is 5.82 Å². The third kappa shape index (κ3) is 3.71. The van der Waals surface area contributed by atoms with E-state index >= 15 is 0 Å². The van der Waals surface area contributed by atoms with Gasteiger partial charge < -0.3 is 14.6 Å². The number of methoxy groups -OCH3 is 1. The summed E-state index contributed by atoms with van der Waals surface area (Å²) in [7, 11) is 1.62. The number of fused-ring (bicyclic) bond motifs is 1. The highest BCUT2D eigenvalue weighted by Gasteiger charge is 2.14. The van der Waals surface area contributed by atoms with E-state index in [0.29, 0.717) is 23.0 Å². The third-order valence-corrected chi connectivity index (χ3v) is 5.56. The van der Waals surface area contributed by atoms with Crippen molar-refractivity contribution in [2.45, 2.75) is 6.92 Å². The molecule has 0 aliphatic carbocycles. The summed E-state index contributed by atoms with van der Waals surface area (Å²) in [6, 6.07) is 12.0. The number of hydrogen-bond acceptors (Lipinski definition) is 7. The zero-order chi connectivity index (χ0) is 21.4. The van der Waals surface area contributed by atoms with Gasteiger partial charge in [0.1, 0.15) is 11.6 Å². The number of benzene rings is 2. The van der Waals surface area contributed by atoms with Crippen molar-refractivity contribution < 1.29 is 9.13 Å². The number of aryl methyl sites for hydroxylation is 1. The first kappa shape index (κ1) is 19.1. The molecule has 5 aromatic rings. The molecule has 0 fully saturated rings. The van der Waals surface area contributed by atoms with Crippen molar-refractivity contribution in [3.05, 3.63) is 72.0 Å². The number of halogens is 1. The highest BCUT2D eigenvalue weighted by molar-refractivity contribution is 7.17. The van der Waals surface area contributed by atoms with Gasteiger partial charge >= 0.3 is 0 Å². The first-order chi connectivity index (χ1) is 15.1. The fourth-order valence-corrected chi connectivity index (χ4v) is 4.01. The Balaban J connectivity index is 1.53. The smallest absolute Gasteiger partial charge is 0.229 e. The Morgan fingerprint density at radius 1 is 1.06 bits per heavy atom. The Kier molecular flexibility index (Phi) is 4.79. The van der Waals surface area contributed by atoms with E-state index in [1.54, 1.807) is 31.1 Å². The molecular weight excluding hydrogens is 415 g/mol. The van der Waals surface area contributed by atoms with E-state index in [1.165, 1.54) is 23.5 Å². The van der Waals surface area contributed by atoms with Crippen LogP contribution in [-0.4, -0.2) is 31.6 Å². The largest absolute Gasteiger partial charge is 0.494 e. The lowest BCUT2D eigenvalue weighted by molar-refractivity contribution is 0.413. The molecule has 154 valence electrons. The predicted octanol–water partition coefficient (Wildman–Crippen LogP) is 5.14. The van der Waals surface area contributed by atoms with Crippen LogP contribution >= 0.6 is 11.3 Å². The Morgan fingerprint density at radius 3 is 2.65 bits per heavy atom. The van der Waals surface area contributed by atoms with E-state index in [0.717, 1.165) is 27.3 Å². The van der Waals surface area contributed by atoms with Gasteiger partial charge in [-0.05, 0) is 43.3 Å². The minimum atomic E-state index is -0.294. The Hall–Kier alpha value is -3.85. The van der Waals surface area contributed by atoms with Crippen molar-refractivity contribution in [3.63, 3.8) is 0 Å². The van der Waals surface area contributed by atoms with Crippen molar-refractivity contribution in [2.75, 3.05) is 12.4 Å². The van der Waals surface area contributed by atoms with Crippen LogP contribution in [0.15, 0.2) is 60.5 Å². The van der Waals surface area contributed by atoms with Gasteiger partial charge in [-0.2, -0.15) is 4.98 Å². The molecule has 0 aliphatic rings.